The van der Waals surface area contributed by atoms with Gasteiger partial charge in [0.2, 0.25) is 0 Å². The fourth-order valence-electron chi connectivity index (χ4n) is 1.61. The number of halogens is 2. The fourth-order valence-corrected chi connectivity index (χ4v) is 3.43. The number of nitrogens with zero attached hydrogens (tertiary/aromatic N) is 1. The second-order valence-corrected chi connectivity index (χ2v) is 7.92. The van der Waals surface area contributed by atoms with Crippen LogP contribution >= 0.6 is 43.2 Å². The first-order valence-electron chi connectivity index (χ1n) is 6.32. The van der Waals surface area contributed by atoms with Crippen molar-refractivity contribution in [2.75, 3.05) is 0 Å². The van der Waals surface area contributed by atoms with Crippen molar-refractivity contribution in [3.8, 4) is 5.75 Å². The monoisotopic (exact) mass is 417 g/mol. The summed E-state index contributed by atoms with van der Waals surface area (Å²) in [5.41, 5.74) is 2.43. The Kier molecular flexibility index (Phi) is 5.26. The van der Waals surface area contributed by atoms with Gasteiger partial charge >= 0.3 is 0 Å². The molecule has 2 nitrogen and oxygen atoms in total. The molecule has 0 atom stereocenters. The molecular weight excluding hydrogens is 402 g/mol. The van der Waals surface area contributed by atoms with Gasteiger partial charge in [-0.2, -0.15) is 0 Å². The fraction of sp³-hybridized carbons (Fsp3) is 0.400. The lowest BCUT2D eigenvalue weighted by Gasteiger charge is -2.14. The van der Waals surface area contributed by atoms with E-state index in [0.29, 0.717) is 6.61 Å². The summed E-state index contributed by atoms with van der Waals surface area (Å²) in [6.07, 6.45) is 0. The van der Waals surface area contributed by atoms with Gasteiger partial charge in [-0.15, -0.1) is 11.3 Å². The summed E-state index contributed by atoms with van der Waals surface area (Å²) < 4.78 is 6.81. The van der Waals surface area contributed by atoms with Crippen molar-refractivity contribution in [1.82, 2.24) is 4.98 Å². The van der Waals surface area contributed by atoms with E-state index in [0.717, 1.165) is 26.3 Å². The Bertz CT molecular complexity index is 590. The summed E-state index contributed by atoms with van der Waals surface area (Å²) in [7, 11) is 0. The molecule has 0 aliphatic heterocycles. The zero-order chi connectivity index (χ0) is 14.8. The summed E-state index contributed by atoms with van der Waals surface area (Å²) in [6, 6.07) is 6.10. The molecule has 0 unspecified atom stereocenters. The van der Waals surface area contributed by atoms with Crippen LogP contribution in [0, 0.1) is 0 Å². The molecule has 2 rings (SSSR count). The van der Waals surface area contributed by atoms with Gasteiger partial charge in [0.25, 0.3) is 0 Å². The van der Waals surface area contributed by atoms with Crippen LogP contribution in [-0.4, -0.2) is 4.98 Å². The van der Waals surface area contributed by atoms with Gasteiger partial charge in [0, 0.05) is 16.1 Å². The van der Waals surface area contributed by atoms with Gasteiger partial charge < -0.3 is 4.74 Å². The Labute approximate surface area is 140 Å². The van der Waals surface area contributed by atoms with E-state index in [9.17, 15) is 0 Å². The third-order valence-corrected chi connectivity index (χ3v) is 4.91. The molecule has 0 aliphatic carbocycles. The van der Waals surface area contributed by atoms with Crippen LogP contribution in [0.4, 0.5) is 0 Å². The van der Waals surface area contributed by atoms with Crippen LogP contribution in [0.2, 0.25) is 0 Å². The molecule has 0 aliphatic rings. The third-order valence-electron chi connectivity index (χ3n) is 2.82. The first-order valence-corrected chi connectivity index (χ1v) is 9.11. The SMILES string of the molecule is CC(C)(C)c1csc(COc2ccc(CBr)cc2Br)n1. The van der Waals surface area contributed by atoms with Crippen molar-refractivity contribution in [3.05, 3.63) is 44.3 Å². The highest BCUT2D eigenvalue weighted by Gasteiger charge is 2.17. The van der Waals surface area contributed by atoms with E-state index in [1.807, 2.05) is 6.07 Å². The van der Waals surface area contributed by atoms with Crippen LogP contribution < -0.4 is 4.74 Å². The highest BCUT2D eigenvalue weighted by Crippen LogP contribution is 2.29. The second kappa shape index (κ2) is 6.58. The van der Waals surface area contributed by atoms with Crippen molar-refractivity contribution >= 4 is 43.2 Å². The van der Waals surface area contributed by atoms with Crippen LogP contribution in [0.3, 0.4) is 0 Å². The summed E-state index contributed by atoms with van der Waals surface area (Å²) in [4.78, 5) is 4.63. The first-order chi connectivity index (χ1) is 9.40. The molecule has 108 valence electrons. The van der Waals surface area contributed by atoms with Crippen LogP contribution in [-0.2, 0) is 17.4 Å². The van der Waals surface area contributed by atoms with E-state index < -0.39 is 0 Å². The molecule has 1 heterocycles. The maximum Gasteiger partial charge on any atom is 0.140 e. The molecule has 0 saturated carbocycles. The van der Waals surface area contributed by atoms with E-state index in [1.54, 1.807) is 11.3 Å². The Hall–Kier alpha value is -0.390. The van der Waals surface area contributed by atoms with E-state index in [1.165, 1.54) is 5.56 Å². The molecule has 0 saturated heterocycles. The molecule has 0 N–H and O–H groups in total. The Balaban J connectivity index is 2.04. The molecule has 5 heteroatoms. The van der Waals surface area contributed by atoms with Gasteiger partial charge in [0.15, 0.2) is 0 Å². The predicted molar refractivity (Wildman–Crippen MR) is 91.9 cm³/mol. The molecule has 0 spiro atoms. The number of rotatable bonds is 4. The molecule has 0 radical (unpaired) electrons. The van der Waals surface area contributed by atoms with Gasteiger partial charge in [-0.3, -0.25) is 0 Å². The minimum atomic E-state index is 0.0901. The maximum atomic E-state index is 5.83. The summed E-state index contributed by atoms with van der Waals surface area (Å²) >= 11 is 8.63. The minimum Gasteiger partial charge on any atom is -0.485 e. The minimum absolute atomic E-state index is 0.0901. The van der Waals surface area contributed by atoms with E-state index in [4.69, 9.17) is 4.74 Å². The van der Waals surface area contributed by atoms with Crippen molar-refractivity contribution in [2.45, 2.75) is 38.1 Å². The molecule has 0 fully saturated rings. The van der Waals surface area contributed by atoms with Gasteiger partial charge in [0.05, 0.1) is 10.2 Å². The van der Waals surface area contributed by atoms with Crippen molar-refractivity contribution in [3.63, 3.8) is 0 Å². The number of alkyl halides is 1. The van der Waals surface area contributed by atoms with Gasteiger partial charge in [-0.05, 0) is 33.6 Å². The number of benzene rings is 1. The summed E-state index contributed by atoms with van der Waals surface area (Å²) in [6.45, 7) is 7.01. The summed E-state index contributed by atoms with van der Waals surface area (Å²) in [5, 5.41) is 3.96. The molecular formula is C15H17Br2NOS. The zero-order valence-corrected chi connectivity index (χ0v) is 15.7. The van der Waals surface area contributed by atoms with Gasteiger partial charge in [-0.25, -0.2) is 4.98 Å². The van der Waals surface area contributed by atoms with Crippen molar-refractivity contribution < 1.29 is 4.74 Å². The number of aromatic nitrogens is 1. The standard InChI is InChI=1S/C15H17Br2NOS/c1-15(2,3)13-9-20-14(18-13)8-19-12-5-4-10(7-16)6-11(12)17/h4-6,9H,7-8H2,1-3H3. The largest absolute Gasteiger partial charge is 0.485 e. The molecule has 1 aromatic carbocycles. The van der Waals surface area contributed by atoms with Crippen LogP contribution in [0.25, 0.3) is 0 Å². The molecule has 2 aromatic rings. The van der Waals surface area contributed by atoms with Crippen molar-refractivity contribution in [2.24, 2.45) is 0 Å². The number of ether oxygens (including phenoxy) is 1. The number of hydrogen-bond donors (Lipinski definition) is 0. The van der Waals surface area contributed by atoms with Crippen LogP contribution in [0.5, 0.6) is 5.75 Å². The van der Waals surface area contributed by atoms with Crippen molar-refractivity contribution in [1.29, 1.82) is 0 Å². The quantitative estimate of drug-likeness (QED) is 0.596. The van der Waals surface area contributed by atoms with Gasteiger partial charge in [0.1, 0.15) is 17.4 Å². The average molecular weight is 419 g/mol. The van der Waals surface area contributed by atoms with Crippen LogP contribution in [0.1, 0.15) is 37.0 Å². The molecule has 1 aromatic heterocycles. The highest BCUT2D eigenvalue weighted by molar-refractivity contribution is 9.10. The third kappa shape index (κ3) is 4.06. The number of hydrogen-bond acceptors (Lipinski definition) is 3. The normalized spacial score (nSPS) is 11.7. The number of thiazole rings is 1. The molecule has 0 amide bonds. The first kappa shape index (κ1) is 16.0. The average Bonchev–Trinajstić information content (AvgIpc) is 2.86. The van der Waals surface area contributed by atoms with Crippen LogP contribution in [0.15, 0.2) is 28.1 Å². The van der Waals surface area contributed by atoms with E-state index in [2.05, 4.69) is 75.1 Å². The summed E-state index contributed by atoms with van der Waals surface area (Å²) in [5.74, 6) is 0.849. The lowest BCUT2D eigenvalue weighted by Crippen LogP contribution is -2.11. The lowest BCUT2D eigenvalue weighted by atomic mass is 9.93. The topological polar surface area (TPSA) is 22.1 Å². The Morgan fingerprint density at radius 3 is 2.60 bits per heavy atom. The second-order valence-electron chi connectivity index (χ2n) is 5.56. The van der Waals surface area contributed by atoms with E-state index in [-0.39, 0.29) is 5.41 Å². The van der Waals surface area contributed by atoms with E-state index >= 15 is 0 Å². The highest BCUT2D eigenvalue weighted by atomic mass is 79.9. The zero-order valence-electron chi connectivity index (χ0n) is 11.7. The lowest BCUT2D eigenvalue weighted by molar-refractivity contribution is 0.303. The van der Waals surface area contributed by atoms with Gasteiger partial charge in [-0.1, -0.05) is 42.8 Å². The molecule has 0 bridgehead atoms. The predicted octanol–water partition coefficient (Wildman–Crippen LogP) is 5.68. The Morgan fingerprint density at radius 1 is 1.30 bits per heavy atom. The smallest absolute Gasteiger partial charge is 0.140 e. The Morgan fingerprint density at radius 2 is 2.05 bits per heavy atom. The molecule has 20 heavy (non-hydrogen) atoms. The maximum absolute atomic E-state index is 5.83.